The number of nitrogens with one attached hydrogen (secondary N) is 3. The largest absolute Gasteiger partial charge is 0.381 e. The highest BCUT2D eigenvalue weighted by Gasteiger charge is 2.29. The van der Waals surface area contributed by atoms with Crippen LogP contribution in [0.5, 0.6) is 0 Å². The lowest BCUT2D eigenvalue weighted by molar-refractivity contribution is 0.0904. The average molecular weight is 616 g/mol. The van der Waals surface area contributed by atoms with Crippen LogP contribution in [-0.2, 0) is 4.74 Å². The van der Waals surface area contributed by atoms with Crippen molar-refractivity contribution in [1.29, 1.82) is 0 Å². The quantitative estimate of drug-likeness (QED) is 0.243. The second-order valence-corrected chi connectivity index (χ2v) is 12.3. The molecule has 0 bridgehead atoms. The second kappa shape index (κ2) is 12.6. The Morgan fingerprint density at radius 2 is 1.73 bits per heavy atom. The predicted molar refractivity (Wildman–Crippen MR) is 173 cm³/mol. The van der Waals surface area contributed by atoms with Crippen molar-refractivity contribution in [3.05, 3.63) is 77.4 Å². The number of piperazine rings is 1. The molecule has 3 fully saturated rings. The number of hydrogen-bond acceptors (Lipinski definition) is 7. The summed E-state index contributed by atoms with van der Waals surface area (Å²) in [5, 5.41) is 14.9. The Morgan fingerprint density at radius 3 is 2.56 bits per heavy atom. The Labute approximate surface area is 261 Å². The molecule has 4 aromatic rings. The van der Waals surface area contributed by atoms with Gasteiger partial charge >= 0.3 is 0 Å². The summed E-state index contributed by atoms with van der Waals surface area (Å²) in [6.07, 6.45) is 3.34. The number of ether oxygens (including phenoxy) is 1. The molecule has 0 radical (unpaired) electrons. The Bertz CT molecular complexity index is 1680. The molecule has 1 aromatic heterocycles. The van der Waals surface area contributed by atoms with Crippen molar-refractivity contribution in [3.63, 3.8) is 0 Å². The Hall–Kier alpha value is -4.22. The van der Waals surface area contributed by atoms with Crippen molar-refractivity contribution in [2.45, 2.75) is 37.8 Å². The number of fused-ring (bicyclic) bond motifs is 1. The molecule has 1 unspecified atom stereocenters. The smallest absolute Gasteiger partial charge is 0.258 e. The Kier molecular flexibility index (Phi) is 8.29. The van der Waals surface area contributed by atoms with Crippen LogP contribution in [0.1, 0.15) is 47.6 Å². The monoisotopic (exact) mass is 615 g/mol. The van der Waals surface area contributed by atoms with Crippen LogP contribution in [-0.4, -0.2) is 80.0 Å². The zero-order chi connectivity index (χ0) is 30.9. The number of benzene rings is 3. The number of nitrogens with zero attached hydrogens (tertiary/aromatic N) is 4. The first kappa shape index (κ1) is 29.5. The molecule has 1 atom stereocenters. The van der Waals surface area contributed by atoms with E-state index in [9.17, 15) is 13.6 Å². The number of aromatic amines is 1. The highest BCUT2D eigenvalue weighted by molar-refractivity contribution is 6.11. The first-order valence-corrected chi connectivity index (χ1v) is 15.9. The number of likely N-dealkylation sites (N-methyl/N-ethyl adjacent to an activating group) is 1. The molecule has 45 heavy (non-hydrogen) atoms. The van der Waals surface area contributed by atoms with Gasteiger partial charge in [-0.05, 0) is 87.3 Å². The highest BCUT2D eigenvalue weighted by Crippen LogP contribution is 2.39. The molecule has 9 nitrogen and oxygen atoms in total. The van der Waals surface area contributed by atoms with Gasteiger partial charge in [0.05, 0.1) is 17.1 Å². The Morgan fingerprint density at radius 1 is 0.933 bits per heavy atom. The minimum atomic E-state index is -0.448. The molecule has 3 saturated heterocycles. The van der Waals surface area contributed by atoms with E-state index in [1.54, 1.807) is 0 Å². The van der Waals surface area contributed by atoms with Crippen molar-refractivity contribution in [1.82, 2.24) is 15.1 Å². The second-order valence-electron chi connectivity index (χ2n) is 12.3. The first-order chi connectivity index (χ1) is 21.9. The van der Waals surface area contributed by atoms with E-state index < -0.39 is 11.6 Å². The van der Waals surface area contributed by atoms with Crippen molar-refractivity contribution in [3.8, 4) is 0 Å². The summed E-state index contributed by atoms with van der Waals surface area (Å²) in [5.74, 6) is -0.691. The van der Waals surface area contributed by atoms with Crippen molar-refractivity contribution in [2.24, 2.45) is 0 Å². The lowest BCUT2D eigenvalue weighted by atomic mass is 10.0. The van der Waals surface area contributed by atoms with Crippen LogP contribution in [0.2, 0.25) is 0 Å². The van der Waals surface area contributed by atoms with E-state index in [0.717, 1.165) is 85.9 Å². The number of aromatic nitrogens is 2. The van der Waals surface area contributed by atoms with Gasteiger partial charge in [-0.1, -0.05) is 0 Å². The molecule has 3 aliphatic heterocycles. The van der Waals surface area contributed by atoms with Gasteiger partial charge < -0.3 is 30.1 Å². The van der Waals surface area contributed by atoms with Crippen molar-refractivity contribution in [2.75, 3.05) is 73.4 Å². The van der Waals surface area contributed by atoms with E-state index in [0.29, 0.717) is 36.7 Å². The zero-order valence-corrected chi connectivity index (χ0v) is 25.5. The van der Waals surface area contributed by atoms with Gasteiger partial charge in [0.15, 0.2) is 5.82 Å². The van der Waals surface area contributed by atoms with Crippen LogP contribution >= 0.6 is 0 Å². The summed E-state index contributed by atoms with van der Waals surface area (Å²) < 4.78 is 34.3. The maximum Gasteiger partial charge on any atom is 0.258 e. The van der Waals surface area contributed by atoms with E-state index in [4.69, 9.17) is 4.74 Å². The molecule has 0 spiro atoms. The molecule has 0 saturated carbocycles. The number of carbonyl (C=O) groups is 1. The summed E-state index contributed by atoms with van der Waals surface area (Å²) >= 11 is 0. The van der Waals surface area contributed by atoms with E-state index in [2.05, 4.69) is 48.6 Å². The Balaban J connectivity index is 1.16. The van der Waals surface area contributed by atoms with Crippen LogP contribution in [0.15, 0.2) is 54.6 Å². The van der Waals surface area contributed by atoms with Crippen molar-refractivity contribution < 1.29 is 18.3 Å². The van der Waals surface area contributed by atoms with Crippen LogP contribution in [0.4, 0.5) is 31.7 Å². The fraction of sp³-hybridized carbons (Fsp3) is 0.412. The molecule has 7 rings (SSSR count). The number of rotatable bonds is 7. The molecule has 3 N–H and O–H groups in total. The summed E-state index contributed by atoms with van der Waals surface area (Å²) in [4.78, 5) is 20.6. The van der Waals surface area contributed by atoms with Crippen LogP contribution in [0.25, 0.3) is 10.9 Å². The summed E-state index contributed by atoms with van der Waals surface area (Å²) in [6, 6.07) is 15.4. The summed E-state index contributed by atoms with van der Waals surface area (Å²) in [6.45, 7) is 5.97. The summed E-state index contributed by atoms with van der Waals surface area (Å²) in [7, 11) is 2.14. The number of amides is 1. The fourth-order valence-electron chi connectivity index (χ4n) is 6.79. The standard InChI is InChI=1S/C34H39F2N7O2/c1-41-13-15-42(16-14-41)24-5-7-26(31(21-24)37-23-10-17-45-18-11-23)34(44)38-33-28-20-25(6-9-30(28)39-40-33)43-12-2-3-32(43)27-19-22(35)4-8-29(27)36/h4-9,19-21,23,32,37H,2-3,10-18H2,1H3,(H2,38,39,40,44). The topological polar surface area (TPSA) is 88.8 Å². The zero-order valence-electron chi connectivity index (χ0n) is 25.5. The molecule has 11 heteroatoms. The molecule has 3 aliphatic rings. The maximum absolute atomic E-state index is 14.7. The van der Waals surface area contributed by atoms with E-state index in [-0.39, 0.29) is 18.0 Å². The molecule has 4 heterocycles. The number of carbonyl (C=O) groups excluding carboxylic acids is 1. The maximum atomic E-state index is 14.7. The SMILES string of the molecule is CN1CCN(c2ccc(C(=O)Nc3n[nH]c4ccc(N5CCCC5c5cc(F)ccc5F)cc34)c(NC3CCOCC3)c2)CC1. The van der Waals surface area contributed by atoms with Gasteiger partial charge in [0.1, 0.15) is 11.6 Å². The molecular formula is C34H39F2N7O2. The minimum Gasteiger partial charge on any atom is -0.381 e. The molecule has 236 valence electrons. The van der Waals surface area contributed by atoms with Gasteiger partial charge in [0.25, 0.3) is 5.91 Å². The van der Waals surface area contributed by atoms with Gasteiger partial charge in [-0.3, -0.25) is 9.89 Å². The van der Waals surface area contributed by atoms with E-state index >= 15 is 0 Å². The molecular weight excluding hydrogens is 576 g/mol. The highest BCUT2D eigenvalue weighted by atomic mass is 19.1. The lowest BCUT2D eigenvalue weighted by Crippen LogP contribution is -2.44. The van der Waals surface area contributed by atoms with Gasteiger partial charge in [-0.2, -0.15) is 5.10 Å². The third kappa shape index (κ3) is 6.19. The normalized spacial score (nSPS) is 19.8. The van der Waals surface area contributed by atoms with Gasteiger partial charge in [-0.25, -0.2) is 8.78 Å². The molecule has 1 amide bonds. The first-order valence-electron chi connectivity index (χ1n) is 15.9. The third-order valence-electron chi connectivity index (χ3n) is 9.38. The van der Waals surface area contributed by atoms with Gasteiger partial charge in [-0.15, -0.1) is 0 Å². The molecule has 3 aromatic carbocycles. The minimum absolute atomic E-state index is 0.221. The predicted octanol–water partition coefficient (Wildman–Crippen LogP) is 5.78. The number of halogens is 2. The number of anilines is 4. The van der Waals surface area contributed by atoms with E-state index in [1.165, 1.54) is 12.1 Å². The van der Waals surface area contributed by atoms with Gasteiger partial charge in [0.2, 0.25) is 0 Å². The molecule has 0 aliphatic carbocycles. The van der Waals surface area contributed by atoms with Crippen LogP contribution < -0.4 is 20.4 Å². The third-order valence-corrected chi connectivity index (χ3v) is 9.38. The fourth-order valence-corrected chi connectivity index (χ4v) is 6.79. The lowest BCUT2D eigenvalue weighted by Gasteiger charge is -2.34. The van der Waals surface area contributed by atoms with Crippen LogP contribution in [0, 0.1) is 11.6 Å². The average Bonchev–Trinajstić information content (AvgIpc) is 3.70. The number of H-pyrrole nitrogens is 1. The number of hydrogen-bond donors (Lipinski definition) is 3. The van der Waals surface area contributed by atoms with Gasteiger partial charge in [0, 0.05) is 80.0 Å². The van der Waals surface area contributed by atoms with E-state index in [1.807, 2.05) is 30.3 Å². The van der Waals surface area contributed by atoms with Crippen molar-refractivity contribution >= 4 is 39.7 Å². The van der Waals surface area contributed by atoms with Crippen LogP contribution in [0.3, 0.4) is 0 Å². The summed E-state index contributed by atoms with van der Waals surface area (Å²) in [5.41, 5.74) is 4.44.